The van der Waals surface area contributed by atoms with Crippen molar-refractivity contribution >= 4 is 21.7 Å². The van der Waals surface area contributed by atoms with Crippen molar-refractivity contribution in [3.05, 3.63) is 51.9 Å². The Morgan fingerprint density at radius 3 is 2.78 bits per heavy atom. The van der Waals surface area contributed by atoms with Gasteiger partial charge in [-0.15, -0.1) is 0 Å². The fraction of sp³-hybridized carbons (Fsp3) is 0.286. The quantitative estimate of drug-likeness (QED) is 0.881. The molecule has 1 aliphatic rings. The highest BCUT2D eigenvalue weighted by molar-refractivity contribution is 9.10. The molecule has 1 aromatic carbocycles. The number of benzene rings is 1. The summed E-state index contributed by atoms with van der Waals surface area (Å²) < 4.78 is 0.766. The molecule has 1 aliphatic carbocycles. The van der Waals surface area contributed by atoms with E-state index in [1.165, 1.54) is 11.1 Å². The standard InChI is InChI=1S/C14H14BrN3/c15-12-8-17-14(18-13(12)16)11-6-5-9-3-1-2-4-10(9)7-11/h1-4,8,11H,5-7H2,(H2,16,17,18). The average molecular weight is 304 g/mol. The molecule has 0 amide bonds. The third kappa shape index (κ3) is 2.12. The van der Waals surface area contributed by atoms with Crippen LogP contribution in [-0.4, -0.2) is 9.97 Å². The zero-order chi connectivity index (χ0) is 12.5. The van der Waals surface area contributed by atoms with E-state index in [1.54, 1.807) is 6.20 Å². The molecule has 2 N–H and O–H groups in total. The van der Waals surface area contributed by atoms with Crippen LogP contribution in [0.5, 0.6) is 0 Å². The summed E-state index contributed by atoms with van der Waals surface area (Å²) in [6.45, 7) is 0. The van der Waals surface area contributed by atoms with E-state index < -0.39 is 0 Å². The fourth-order valence-corrected chi connectivity index (χ4v) is 2.70. The molecule has 0 spiro atoms. The van der Waals surface area contributed by atoms with Crippen molar-refractivity contribution in [3.8, 4) is 0 Å². The molecule has 92 valence electrons. The van der Waals surface area contributed by atoms with E-state index in [9.17, 15) is 0 Å². The summed E-state index contributed by atoms with van der Waals surface area (Å²) in [5.74, 6) is 1.78. The first kappa shape index (κ1) is 11.7. The van der Waals surface area contributed by atoms with E-state index in [0.717, 1.165) is 29.6 Å². The normalized spacial score (nSPS) is 18.4. The number of halogens is 1. The first-order valence-electron chi connectivity index (χ1n) is 6.08. The minimum absolute atomic E-state index is 0.385. The smallest absolute Gasteiger partial charge is 0.141 e. The monoisotopic (exact) mass is 303 g/mol. The van der Waals surface area contributed by atoms with Crippen molar-refractivity contribution in [3.63, 3.8) is 0 Å². The highest BCUT2D eigenvalue weighted by atomic mass is 79.9. The second kappa shape index (κ2) is 4.69. The van der Waals surface area contributed by atoms with Gasteiger partial charge >= 0.3 is 0 Å². The Hall–Kier alpha value is -1.42. The third-order valence-electron chi connectivity index (χ3n) is 3.50. The van der Waals surface area contributed by atoms with Crippen LogP contribution in [0.25, 0.3) is 0 Å². The second-order valence-electron chi connectivity index (χ2n) is 4.67. The Bertz CT molecular complexity index is 583. The van der Waals surface area contributed by atoms with E-state index in [0.29, 0.717) is 11.7 Å². The summed E-state index contributed by atoms with van der Waals surface area (Å²) in [4.78, 5) is 8.79. The zero-order valence-electron chi connectivity index (χ0n) is 9.94. The number of hydrogen-bond donors (Lipinski definition) is 1. The van der Waals surface area contributed by atoms with Gasteiger partial charge in [-0.05, 0) is 46.3 Å². The van der Waals surface area contributed by atoms with Gasteiger partial charge in [-0.25, -0.2) is 9.97 Å². The number of nitrogens with two attached hydrogens (primary N) is 1. The van der Waals surface area contributed by atoms with Crippen molar-refractivity contribution in [1.82, 2.24) is 9.97 Å². The predicted octanol–water partition coefficient (Wildman–Crippen LogP) is 3.09. The Labute approximate surface area is 115 Å². The summed E-state index contributed by atoms with van der Waals surface area (Å²) in [6, 6.07) is 8.61. The summed E-state index contributed by atoms with van der Waals surface area (Å²) in [5.41, 5.74) is 8.70. The topological polar surface area (TPSA) is 51.8 Å². The van der Waals surface area contributed by atoms with Crippen molar-refractivity contribution in [1.29, 1.82) is 0 Å². The van der Waals surface area contributed by atoms with Gasteiger partial charge in [-0.1, -0.05) is 24.3 Å². The minimum atomic E-state index is 0.385. The first-order chi connectivity index (χ1) is 8.74. The molecule has 0 fully saturated rings. The number of fused-ring (bicyclic) bond motifs is 1. The first-order valence-corrected chi connectivity index (χ1v) is 6.88. The van der Waals surface area contributed by atoms with Crippen molar-refractivity contribution < 1.29 is 0 Å². The number of aryl methyl sites for hydroxylation is 1. The number of nitrogens with zero attached hydrogens (tertiary/aromatic N) is 2. The van der Waals surface area contributed by atoms with Crippen LogP contribution in [0, 0.1) is 0 Å². The maximum Gasteiger partial charge on any atom is 0.141 e. The van der Waals surface area contributed by atoms with Crippen molar-refractivity contribution in [2.45, 2.75) is 25.2 Å². The molecule has 1 aromatic heterocycles. The van der Waals surface area contributed by atoms with Crippen molar-refractivity contribution in [2.24, 2.45) is 0 Å². The molecule has 0 radical (unpaired) electrons. The maximum absolute atomic E-state index is 5.82. The largest absolute Gasteiger partial charge is 0.383 e. The van der Waals surface area contributed by atoms with Crippen LogP contribution < -0.4 is 5.73 Å². The molecule has 1 atom stereocenters. The van der Waals surface area contributed by atoms with Gasteiger partial charge in [-0.2, -0.15) is 0 Å². The van der Waals surface area contributed by atoms with E-state index in [2.05, 4.69) is 50.2 Å². The molecular weight excluding hydrogens is 290 g/mol. The van der Waals surface area contributed by atoms with Crippen LogP contribution in [-0.2, 0) is 12.8 Å². The molecule has 18 heavy (non-hydrogen) atoms. The molecule has 3 rings (SSSR count). The summed E-state index contributed by atoms with van der Waals surface area (Å²) in [5, 5.41) is 0. The predicted molar refractivity (Wildman–Crippen MR) is 75.4 cm³/mol. The number of rotatable bonds is 1. The molecule has 3 nitrogen and oxygen atoms in total. The van der Waals surface area contributed by atoms with Gasteiger partial charge in [-0.3, -0.25) is 0 Å². The molecule has 2 aromatic rings. The number of nitrogen functional groups attached to an aromatic ring is 1. The Morgan fingerprint density at radius 1 is 1.22 bits per heavy atom. The molecule has 1 heterocycles. The van der Waals surface area contributed by atoms with Crippen LogP contribution in [0.2, 0.25) is 0 Å². The Kier molecular flexibility index (Phi) is 3.04. The molecule has 0 saturated carbocycles. The lowest BCUT2D eigenvalue weighted by atomic mass is 9.83. The van der Waals surface area contributed by atoms with E-state index >= 15 is 0 Å². The van der Waals surface area contributed by atoms with E-state index in [4.69, 9.17) is 5.73 Å². The number of aromatic nitrogens is 2. The average Bonchev–Trinajstić information content (AvgIpc) is 2.41. The lowest BCUT2D eigenvalue weighted by Crippen LogP contribution is -2.15. The second-order valence-corrected chi connectivity index (χ2v) is 5.52. The molecule has 0 bridgehead atoms. The summed E-state index contributed by atoms with van der Waals surface area (Å²) >= 11 is 3.33. The van der Waals surface area contributed by atoms with E-state index in [1.807, 2.05) is 0 Å². The fourth-order valence-electron chi connectivity index (χ4n) is 2.51. The SMILES string of the molecule is Nc1nc(C2CCc3ccccc3C2)ncc1Br. The molecular formula is C14H14BrN3. The highest BCUT2D eigenvalue weighted by Gasteiger charge is 2.22. The molecule has 4 heteroatoms. The molecule has 0 aliphatic heterocycles. The van der Waals surface area contributed by atoms with Gasteiger partial charge in [0.2, 0.25) is 0 Å². The van der Waals surface area contributed by atoms with E-state index in [-0.39, 0.29) is 0 Å². The Balaban J connectivity index is 1.89. The van der Waals surface area contributed by atoms with Gasteiger partial charge in [0.15, 0.2) is 0 Å². The van der Waals surface area contributed by atoms with Crippen molar-refractivity contribution in [2.75, 3.05) is 5.73 Å². The Morgan fingerprint density at radius 2 is 2.00 bits per heavy atom. The van der Waals surface area contributed by atoms with Crippen LogP contribution in [0.1, 0.15) is 29.3 Å². The minimum Gasteiger partial charge on any atom is -0.383 e. The van der Waals surface area contributed by atoms with Gasteiger partial charge in [0, 0.05) is 12.1 Å². The zero-order valence-corrected chi connectivity index (χ0v) is 11.5. The maximum atomic E-state index is 5.82. The van der Waals surface area contributed by atoms with Crippen LogP contribution >= 0.6 is 15.9 Å². The number of anilines is 1. The van der Waals surface area contributed by atoms with Crippen LogP contribution in [0.3, 0.4) is 0 Å². The molecule has 0 saturated heterocycles. The molecule has 1 unspecified atom stereocenters. The van der Waals surface area contributed by atoms with Gasteiger partial charge < -0.3 is 5.73 Å². The lowest BCUT2D eigenvalue weighted by Gasteiger charge is -2.23. The van der Waals surface area contributed by atoms with Crippen LogP contribution in [0.4, 0.5) is 5.82 Å². The lowest BCUT2D eigenvalue weighted by molar-refractivity contribution is 0.555. The summed E-state index contributed by atoms with van der Waals surface area (Å²) in [6.07, 6.45) is 4.95. The van der Waals surface area contributed by atoms with Gasteiger partial charge in [0.1, 0.15) is 11.6 Å². The number of hydrogen-bond acceptors (Lipinski definition) is 3. The van der Waals surface area contributed by atoms with Gasteiger partial charge in [0.05, 0.1) is 4.47 Å². The van der Waals surface area contributed by atoms with Gasteiger partial charge in [0.25, 0.3) is 0 Å². The summed E-state index contributed by atoms with van der Waals surface area (Å²) in [7, 11) is 0. The van der Waals surface area contributed by atoms with Crippen LogP contribution in [0.15, 0.2) is 34.9 Å². The third-order valence-corrected chi connectivity index (χ3v) is 4.11. The highest BCUT2D eigenvalue weighted by Crippen LogP contribution is 2.31.